The number of carbonyl (C=O) groups excluding carboxylic acids is 1. The molecule has 4 aromatic rings. The van der Waals surface area contributed by atoms with Crippen molar-refractivity contribution in [3.63, 3.8) is 0 Å². The molecular formula is C23H17ClNO5S-. The third kappa shape index (κ3) is 4.28. The van der Waals surface area contributed by atoms with Crippen LogP contribution >= 0.6 is 11.6 Å². The Morgan fingerprint density at radius 3 is 2.42 bits per heavy atom. The van der Waals surface area contributed by atoms with Gasteiger partial charge in [0.2, 0.25) is 0 Å². The molecular weight excluding hydrogens is 438 g/mol. The van der Waals surface area contributed by atoms with E-state index in [-0.39, 0.29) is 22.8 Å². The summed E-state index contributed by atoms with van der Waals surface area (Å²) < 4.78 is 40.4. The van der Waals surface area contributed by atoms with Crippen LogP contribution in [-0.2, 0) is 14.8 Å². The van der Waals surface area contributed by atoms with Crippen molar-refractivity contribution in [3.8, 4) is 11.3 Å². The van der Waals surface area contributed by atoms with E-state index < -0.39 is 16.0 Å². The molecule has 0 aliphatic heterocycles. The minimum atomic E-state index is -3.97. The second kappa shape index (κ2) is 8.45. The molecule has 31 heavy (non-hydrogen) atoms. The Bertz CT molecular complexity index is 1350. The maximum absolute atomic E-state index is 12.7. The van der Waals surface area contributed by atoms with Gasteiger partial charge in [-0.1, -0.05) is 54.1 Å². The topological polar surface area (TPSA) is 87.7 Å². The van der Waals surface area contributed by atoms with E-state index in [9.17, 15) is 13.2 Å². The number of sulfonamides is 1. The number of ether oxygens (including phenoxy) is 1. The van der Waals surface area contributed by atoms with E-state index in [1.807, 2.05) is 30.3 Å². The Kier molecular flexibility index (Phi) is 5.71. The van der Waals surface area contributed by atoms with Crippen LogP contribution in [0.15, 0.2) is 82.1 Å². The molecule has 0 bridgehead atoms. The molecule has 1 heterocycles. The summed E-state index contributed by atoms with van der Waals surface area (Å²) in [6.07, 6.45) is 0. The molecule has 4 rings (SSSR count). The summed E-state index contributed by atoms with van der Waals surface area (Å²) >= 11 is 5.83. The summed E-state index contributed by atoms with van der Waals surface area (Å²) in [5.74, 6) is -0.204. The van der Waals surface area contributed by atoms with Crippen molar-refractivity contribution in [1.29, 1.82) is 0 Å². The predicted octanol–water partition coefficient (Wildman–Crippen LogP) is 6.32. The average molecular weight is 455 g/mol. The standard InChI is InChI=1S/C23H17ClNO5S/c1-2-29-23(26)21-19-14-17(25-31(27,28)18-11-8-16(24)9-12-18)10-13-20(19)30-22(21)15-6-4-3-5-7-15/h3-14H,2H2,1H3/q-1. The van der Waals surface area contributed by atoms with Crippen LogP contribution in [0, 0.1) is 0 Å². The molecule has 6 nitrogen and oxygen atoms in total. The van der Waals surface area contributed by atoms with Gasteiger partial charge in [-0.05, 0) is 37.3 Å². The van der Waals surface area contributed by atoms with E-state index in [0.717, 1.165) is 0 Å². The van der Waals surface area contributed by atoms with Gasteiger partial charge in [0.15, 0.2) is 0 Å². The molecule has 1 aromatic heterocycles. The molecule has 8 heteroatoms. The van der Waals surface area contributed by atoms with Crippen LogP contribution in [0.1, 0.15) is 17.3 Å². The van der Waals surface area contributed by atoms with Gasteiger partial charge in [-0.25, -0.2) is 13.2 Å². The van der Waals surface area contributed by atoms with Gasteiger partial charge in [-0.3, -0.25) is 0 Å². The van der Waals surface area contributed by atoms with Crippen LogP contribution in [0.3, 0.4) is 0 Å². The lowest BCUT2D eigenvalue weighted by Crippen LogP contribution is -2.05. The van der Waals surface area contributed by atoms with Crippen LogP contribution in [0.5, 0.6) is 0 Å². The molecule has 0 saturated heterocycles. The molecule has 0 spiro atoms. The van der Waals surface area contributed by atoms with Gasteiger partial charge < -0.3 is 13.9 Å². The molecule has 0 amide bonds. The van der Waals surface area contributed by atoms with E-state index in [4.69, 9.17) is 20.8 Å². The SMILES string of the molecule is CCOC(=O)c1c(-c2ccccc2)oc2ccc([N-]S(=O)(=O)c3ccc(Cl)cc3)cc12. The largest absolute Gasteiger partial charge is 0.573 e. The first-order valence-corrected chi connectivity index (χ1v) is 11.2. The smallest absolute Gasteiger partial charge is 0.342 e. The van der Waals surface area contributed by atoms with Crippen molar-refractivity contribution in [2.75, 3.05) is 6.61 Å². The van der Waals surface area contributed by atoms with Crippen molar-refractivity contribution < 1.29 is 22.4 Å². The Labute approximate surface area is 184 Å². The van der Waals surface area contributed by atoms with Crippen LogP contribution in [-0.4, -0.2) is 21.0 Å². The highest BCUT2D eigenvalue weighted by atomic mass is 35.5. The van der Waals surface area contributed by atoms with E-state index in [2.05, 4.69) is 4.72 Å². The van der Waals surface area contributed by atoms with E-state index >= 15 is 0 Å². The Hall–Kier alpha value is -3.29. The molecule has 158 valence electrons. The highest BCUT2D eigenvalue weighted by Crippen LogP contribution is 2.38. The number of hydrogen-bond donors (Lipinski definition) is 0. The molecule has 3 aromatic carbocycles. The third-order valence-corrected chi connectivity index (χ3v) is 6.10. The molecule has 0 aliphatic carbocycles. The van der Waals surface area contributed by atoms with Crippen molar-refractivity contribution in [1.82, 2.24) is 0 Å². The second-order valence-electron chi connectivity index (χ2n) is 6.59. The molecule has 0 N–H and O–H groups in total. The average Bonchev–Trinajstić information content (AvgIpc) is 3.13. The van der Waals surface area contributed by atoms with Gasteiger partial charge in [0, 0.05) is 16.0 Å². The summed E-state index contributed by atoms with van der Waals surface area (Å²) in [5, 5.41) is 0.844. The molecule has 0 saturated carbocycles. The second-order valence-corrected chi connectivity index (χ2v) is 8.63. The molecule has 0 fully saturated rings. The Morgan fingerprint density at radius 1 is 1.03 bits per heavy atom. The number of rotatable bonds is 6. The van der Waals surface area contributed by atoms with Crippen molar-refractivity contribution in [2.24, 2.45) is 0 Å². The molecule has 0 unspecified atom stereocenters. The van der Waals surface area contributed by atoms with Gasteiger partial charge in [-0.15, -0.1) is 5.69 Å². The fraction of sp³-hybridized carbons (Fsp3) is 0.0870. The first-order chi connectivity index (χ1) is 14.9. The van der Waals surface area contributed by atoms with Crippen molar-refractivity contribution in [2.45, 2.75) is 11.8 Å². The van der Waals surface area contributed by atoms with Crippen LogP contribution in [0.4, 0.5) is 5.69 Å². The van der Waals surface area contributed by atoms with Crippen LogP contribution < -0.4 is 0 Å². The number of nitrogens with zero attached hydrogens (tertiary/aromatic N) is 1. The zero-order chi connectivity index (χ0) is 22.0. The minimum absolute atomic E-state index is 0.0137. The number of esters is 1. The zero-order valence-corrected chi connectivity index (χ0v) is 18.0. The summed E-state index contributed by atoms with van der Waals surface area (Å²) in [4.78, 5) is 12.7. The Balaban J connectivity index is 1.80. The van der Waals surface area contributed by atoms with Gasteiger partial charge in [0.05, 0.1) is 11.5 Å². The van der Waals surface area contributed by atoms with Crippen LogP contribution in [0.25, 0.3) is 27.0 Å². The monoisotopic (exact) mass is 454 g/mol. The number of benzene rings is 3. The summed E-state index contributed by atoms with van der Waals surface area (Å²) in [6, 6.07) is 19.5. The van der Waals surface area contributed by atoms with E-state index in [1.165, 1.54) is 36.4 Å². The van der Waals surface area contributed by atoms with Gasteiger partial charge >= 0.3 is 5.97 Å². The first kappa shape index (κ1) is 21.0. The molecule has 0 aliphatic rings. The lowest BCUT2D eigenvalue weighted by Gasteiger charge is -2.22. The zero-order valence-electron chi connectivity index (χ0n) is 16.4. The maximum Gasteiger partial charge on any atom is 0.342 e. The lowest BCUT2D eigenvalue weighted by atomic mass is 10.1. The van der Waals surface area contributed by atoms with Crippen molar-refractivity contribution >= 4 is 44.3 Å². The number of halogens is 1. The predicted molar refractivity (Wildman–Crippen MR) is 119 cm³/mol. The highest BCUT2D eigenvalue weighted by Gasteiger charge is 2.23. The minimum Gasteiger partial charge on any atom is -0.573 e. The van der Waals surface area contributed by atoms with E-state index in [0.29, 0.717) is 27.3 Å². The summed E-state index contributed by atoms with van der Waals surface area (Å²) in [7, 11) is -3.97. The lowest BCUT2D eigenvalue weighted by molar-refractivity contribution is 0.0528. The fourth-order valence-electron chi connectivity index (χ4n) is 3.14. The number of fused-ring (bicyclic) bond motifs is 1. The highest BCUT2D eigenvalue weighted by molar-refractivity contribution is 7.94. The van der Waals surface area contributed by atoms with Gasteiger partial charge in [0.1, 0.15) is 26.9 Å². The van der Waals surface area contributed by atoms with Crippen LogP contribution in [0.2, 0.25) is 5.02 Å². The Morgan fingerprint density at radius 2 is 1.74 bits per heavy atom. The fourth-order valence-corrected chi connectivity index (χ4v) is 4.24. The molecule has 0 radical (unpaired) electrons. The van der Waals surface area contributed by atoms with E-state index in [1.54, 1.807) is 13.0 Å². The summed E-state index contributed by atoms with van der Waals surface area (Å²) in [5.41, 5.74) is 1.51. The number of hydrogen-bond acceptors (Lipinski definition) is 5. The first-order valence-electron chi connectivity index (χ1n) is 9.41. The third-order valence-electron chi connectivity index (χ3n) is 4.52. The number of carbonyl (C=O) groups is 1. The number of furan rings is 1. The molecule has 0 atom stereocenters. The van der Waals surface area contributed by atoms with Gasteiger partial charge in [0.25, 0.3) is 0 Å². The maximum atomic E-state index is 12.7. The summed E-state index contributed by atoms with van der Waals surface area (Å²) in [6.45, 7) is 1.90. The normalized spacial score (nSPS) is 11.4. The quantitative estimate of drug-likeness (QED) is 0.318. The van der Waals surface area contributed by atoms with Crippen molar-refractivity contribution in [3.05, 3.63) is 88.1 Å². The van der Waals surface area contributed by atoms with Gasteiger partial charge in [-0.2, -0.15) is 0 Å².